The number of nitrogens with one attached hydrogen (secondary N) is 2. The summed E-state index contributed by atoms with van der Waals surface area (Å²) >= 11 is 0. The summed E-state index contributed by atoms with van der Waals surface area (Å²) < 4.78 is 95.3. The summed E-state index contributed by atoms with van der Waals surface area (Å²) in [6.07, 6.45) is -5.09. The standard InChI is InChI=1S/C21H23F5N2O3S/c1-9-12(6-7-13(22)17(9)23)16-10(2)20(4,21(24,25)26)31-18(16)14-8-15(29)19(11(3)28-14)32(5,27)30/h6-8,10,16,18,27H,1-5H3,(H,28,29)/t10-,16-,18-,20+,32-/m0/s1. The Morgan fingerprint density at radius 3 is 2.31 bits per heavy atom. The summed E-state index contributed by atoms with van der Waals surface area (Å²) in [7, 11) is -3.40. The summed E-state index contributed by atoms with van der Waals surface area (Å²) in [5.41, 5.74) is -3.42. The van der Waals surface area contributed by atoms with Crippen LogP contribution in [0, 0.1) is 36.2 Å². The Labute approximate surface area is 182 Å². The van der Waals surface area contributed by atoms with Crippen molar-refractivity contribution in [1.29, 1.82) is 4.78 Å². The van der Waals surface area contributed by atoms with Crippen LogP contribution in [0.15, 0.2) is 27.9 Å². The van der Waals surface area contributed by atoms with Crippen LogP contribution in [0.5, 0.6) is 0 Å². The molecule has 0 radical (unpaired) electrons. The van der Waals surface area contributed by atoms with Crippen molar-refractivity contribution in [2.45, 2.75) is 56.4 Å². The number of alkyl halides is 3. The lowest BCUT2D eigenvalue weighted by atomic mass is 9.75. The summed E-state index contributed by atoms with van der Waals surface area (Å²) in [6, 6.07) is 3.02. The highest BCUT2D eigenvalue weighted by Crippen LogP contribution is 2.58. The molecule has 2 heterocycles. The van der Waals surface area contributed by atoms with Crippen molar-refractivity contribution in [2.75, 3.05) is 6.26 Å². The van der Waals surface area contributed by atoms with Gasteiger partial charge in [0.1, 0.15) is 11.0 Å². The average molecular weight is 478 g/mol. The van der Waals surface area contributed by atoms with Crippen molar-refractivity contribution in [3.63, 3.8) is 0 Å². The van der Waals surface area contributed by atoms with E-state index in [1.54, 1.807) is 0 Å². The van der Waals surface area contributed by atoms with E-state index in [4.69, 9.17) is 9.52 Å². The van der Waals surface area contributed by atoms with Crippen LogP contribution in [0.3, 0.4) is 0 Å². The van der Waals surface area contributed by atoms with Gasteiger partial charge in [0.2, 0.25) is 0 Å². The van der Waals surface area contributed by atoms with E-state index in [1.165, 1.54) is 26.8 Å². The van der Waals surface area contributed by atoms with Gasteiger partial charge in [-0.05, 0) is 38.0 Å². The Bertz CT molecular complexity index is 1240. The second-order valence-electron chi connectivity index (χ2n) is 8.42. The van der Waals surface area contributed by atoms with E-state index >= 15 is 0 Å². The number of pyridine rings is 1. The number of halogens is 5. The lowest BCUT2D eigenvalue weighted by molar-refractivity contribution is -0.275. The first-order valence-electron chi connectivity index (χ1n) is 9.67. The summed E-state index contributed by atoms with van der Waals surface area (Å²) in [5, 5.41) is 0. The molecule has 0 saturated carbocycles. The fourth-order valence-electron chi connectivity index (χ4n) is 4.43. The number of rotatable bonds is 3. The molecular weight excluding hydrogens is 455 g/mol. The van der Waals surface area contributed by atoms with Gasteiger partial charge in [0.15, 0.2) is 22.7 Å². The van der Waals surface area contributed by atoms with Crippen molar-refractivity contribution in [3.05, 3.63) is 62.6 Å². The molecule has 0 unspecified atom stereocenters. The van der Waals surface area contributed by atoms with Gasteiger partial charge in [-0.2, -0.15) is 13.2 Å². The zero-order valence-electron chi connectivity index (χ0n) is 18.0. The van der Waals surface area contributed by atoms with Gasteiger partial charge >= 0.3 is 6.18 Å². The van der Waals surface area contributed by atoms with Gasteiger partial charge < -0.3 is 9.72 Å². The number of hydrogen-bond acceptors (Lipinski definition) is 4. The third-order valence-corrected chi connectivity index (χ3v) is 7.57. The fraction of sp³-hybridized carbons (Fsp3) is 0.476. The molecule has 1 aliphatic heterocycles. The predicted octanol–water partition coefficient (Wildman–Crippen LogP) is 5.12. The number of aromatic amines is 1. The molecule has 0 aliphatic carbocycles. The molecule has 1 saturated heterocycles. The molecule has 3 rings (SSSR count). The average Bonchev–Trinajstić information content (AvgIpc) is 2.91. The lowest BCUT2D eigenvalue weighted by Crippen LogP contribution is -2.46. The van der Waals surface area contributed by atoms with E-state index in [2.05, 4.69) is 4.98 Å². The number of ether oxygens (including phenoxy) is 1. The molecule has 2 aromatic rings. The summed E-state index contributed by atoms with van der Waals surface area (Å²) in [4.78, 5) is 15.1. The molecule has 176 valence electrons. The second-order valence-corrected chi connectivity index (χ2v) is 10.5. The van der Waals surface area contributed by atoms with Crippen LogP contribution >= 0.6 is 0 Å². The first-order valence-corrected chi connectivity index (χ1v) is 11.6. The Hall–Kier alpha value is -2.27. The van der Waals surface area contributed by atoms with Crippen molar-refractivity contribution in [1.82, 2.24) is 4.98 Å². The molecule has 0 bridgehead atoms. The molecule has 1 aromatic carbocycles. The van der Waals surface area contributed by atoms with Gasteiger partial charge in [-0.25, -0.2) is 17.8 Å². The van der Waals surface area contributed by atoms with E-state index in [1.807, 2.05) is 0 Å². The number of H-pyrrole nitrogens is 1. The minimum Gasteiger partial charge on any atom is -0.359 e. The van der Waals surface area contributed by atoms with Crippen LogP contribution in [0.2, 0.25) is 0 Å². The first-order chi connectivity index (χ1) is 14.5. The Morgan fingerprint density at radius 2 is 1.81 bits per heavy atom. The van der Waals surface area contributed by atoms with Crippen molar-refractivity contribution < 1.29 is 30.9 Å². The van der Waals surface area contributed by atoms with Crippen LogP contribution in [-0.4, -0.2) is 27.2 Å². The van der Waals surface area contributed by atoms with Crippen molar-refractivity contribution in [3.8, 4) is 0 Å². The summed E-state index contributed by atoms with van der Waals surface area (Å²) in [6.45, 7) is 4.84. The zero-order valence-corrected chi connectivity index (χ0v) is 18.8. The molecule has 2 N–H and O–H groups in total. The quantitative estimate of drug-likeness (QED) is 0.601. The normalized spacial score (nSPS) is 28.0. The third kappa shape index (κ3) is 3.75. The van der Waals surface area contributed by atoms with Crippen LogP contribution in [0.1, 0.15) is 48.4 Å². The maximum Gasteiger partial charge on any atom is 0.417 e. The second kappa shape index (κ2) is 7.65. The molecule has 1 aromatic heterocycles. The molecule has 0 spiro atoms. The number of aromatic nitrogens is 1. The number of aryl methyl sites for hydroxylation is 1. The molecule has 1 aliphatic rings. The minimum atomic E-state index is -4.79. The Balaban J connectivity index is 2.27. The predicted molar refractivity (Wildman–Crippen MR) is 108 cm³/mol. The van der Waals surface area contributed by atoms with Gasteiger partial charge in [0, 0.05) is 35.5 Å². The highest BCUT2D eigenvalue weighted by molar-refractivity contribution is 7.91. The van der Waals surface area contributed by atoms with Crippen LogP contribution in [-0.2, 0) is 14.5 Å². The minimum absolute atomic E-state index is 0.0335. The molecular formula is C21H23F5N2O3S. The number of benzene rings is 1. The first kappa shape index (κ1) is 24.4. The van der Waals surface area contributed by atoms with Crippen LogP contribution in [0.25, 0.3) is 0 Å². The van der Waals surface area contributed by atoms with Gasteiger partial charge in [-0.3, -0.25) is 4.79 Å². The number of hydrogen-bond donors (Lipinski definition) is 2. The highest BCUT2D eigenvalue weighted by atomic mass is 32.2. The third-order valence-electron chi connectivity index (χ3n) is 6.29. The maximum atomic E-state index is 14.3. The van der Waals surface area contributed by atoms with E-state index < -0.39 is 56.5 Å². The van der Waals surface area contributed by atoms with E-state index in [0.29, 0.717) is 0 Å². The van der Waals surface area contributed by atoms with E-state index in [-0.39, 0.29) is 27.4 Å². The largest absolute Gasteiger partial charge is 0.417 e. The molecule has 11 heteroatoms. The maximum absolute atomic E-state index is 14.3. The van der Waals surface area contributed by atoms with E-state index in [0.717, 1.165) is 25.3 Å². The van der Waals surface area contributed by atoms with Gasteiger partial charge in [0.05, 0.1) is 9.73 Å². The molecule has 5 atom stereocenters. The Kier molecular flexibility index (Phi) is 5.83. The van der Waals surface area contributed by atoms with Crippen LogP contribution in [0.4, 0.5) is 22.0 Å². The SMILES string of the molecule is Cc1[nH]c([C@@H]2O[C@@](C)(C(F)(F)F)[C@@H](C)[C@H]2c2ccc(F)c(F)c2C)cc(=O)c1[S@@](C)(=N)=O. The van der Waals surface area contributed by atoms with Crippen molar-refractivity contribution >= 4 is 9.73 Å². The summed E-state index contributed by atoms with van der Waals surface area (Å²) in [5.74, 6) is -4.62. The van der Waals surface area contributed by atoms with Gasteiger partial charge in [0.25, 0.3) is 0 Å². The van der Waals surface area contributed by atoms with Crippen LogP contribution < -0.4 is 5.43 Å². The van der Waals surface area contributed by atoms with Gasteiger partial charge in [-0.1, -0.05) is 13.0 Å². The van der Waals surface area contributed by atoms with Crippen molar-refractivity contribution in [2.24, 2.45) is 5.92 Å². The highest BCUT2D eigenvalue weighted by Gasteiger charge is 2.64. The topological polar surface area (TPSA) is 83.0 Å². The monoisotopic (exact) mass is 478 g/mol. The lowest BCUT2D eigenvalue weighted by Gasteiger charge is -2.32. The molecule has 32 heavy (non-hydrogen) atoms. The molecule has 1 fully saturated rings. The fourth-order valence-corrected chi connectivity index (χ4v) is 5.51. The van der Waals surface area contributed by atoms with E-state index in [9.17, 15) is 31.0 Å². The Morgan fingerprint density at radius 1 is 1.22 bits per heavy atom. The molecule has 5 nitrogen and oxygen atoms in total. The molecule has 0 amide bonds. The zero-order chi connectivity index (χ0) is 24.4. The smallest absolute Gasteiger partial charge is 0.359 e. The van der Waals surface area contributed by atoms with Gasteiger partial charge in [-0.15, -0.1) is 0 Å².